The highest BCUT2D eigenvalue weighted by molar-refractivity contribution is 7.13. The molecule has 6 heteroatoms. The van der Waals surface area contributed by atoms with E-state index in [-0.39, 0.29) is 11.8 Å². The number of thiophene rings is 1. The molecule has 1 saturated heterocycles. The van der Waals surface area contributed by atoms with Gasteiger partial charge in [0.1, 0.15) is 5.69 Å². The first-order valence-electron chi connectivity index (χ1n) is 9.22. The number of nitrogens with one attached hydrogen (secondary N) is 1. The molecule has 1 saturated carbocycles. The number of anilines is 1. The second-order valence-electron chi connectivity index (χ2n) is 7.03. The van der Waals surface area contributed by atoms with Gasteiger partial charge in [0.25, 0.3) is 0 Å². The van der Waals surface area contributed by atoms with Crippen molar-refractivity contribution >= 4 is 23.1 Å². The highest BCUT2D eigenvalue weighted by atomic mass is 32.1. The third-order valence-electron chi connectivity index (χ3n) is 5.24. The molecule has 0 radical (unpaired) electrons. The van der Waals surface area contributed by atoms with Crippen molar-refractivity contribution in [3.63, 3.8) is 0 Å². The molecular weight excluding hydrogens is 332 g/mol. The van der Waals surface area contributed by atoms with Gasteiger partial charge in [-0.25, -0.2) is 0 Å². The third-order valence-corrected chi connectivity index (χ3v) is 6.13. The molecule has 1 amide bonds. The van der Waals surface area contributed by atoms with Gasteiger partial charge in [-0.15, -0.1) is 21.5 Å². The SMILES string of the molecule is O=C(NC1CCCC1)C1CCCN(c2ccc(-c3cccs3)nn2)C1. The number of nitrogens with zero attached hydrogens (tertiary/aromatic N) is 3. The number of hydrogen-bond donors (Lipinski definition) is 1. The van der Waals surface area contributed by atoms with Crippen molar-refractivity contribution in [2.75, 3.05) is 18.0 Å². The molecule has 4 rings (SSSR count). The van der Waals surface area contributed by atoms with Gasteiger partial charge in [0.2, 0.25) is 5.91 Å². The predicted molar refractivity (Wildman–Crippen MR) is 101 cm³/mol. The zero-order valence-corrected chi connectivity index (χ0v) is 15.2. The Morgan fingerprint density at radius 1 is 1.12 bits per heavy atom. The molecule has 1 N–H and O–H groups in total. The van der Waals surface area contributed by atoms with Crippen molar-refractivity contribution in [1.82, 2.24) is 15.5 Å². The number of hydrogen-bond acceptors (Lipinski definition) is 5. The Bertz CT molecular complexity index is 695. The van der Waals surface area contributed by atoms with Crippen molar-refractivity contribution in [1.29, 1.82) is 0 Å². The van der Waals surface area contributed by atoms with Gasteiger partial charge in [0, 0.05) is 19.1 Å². The van der Waals surface area contributed by atoms with E-state index in [0.717, 1.165) is 55.2 Å². The first-order valence-corrected chi connectivity index (χ1v) is 10.1. The standard InChI is InChI=1S/C19H24N4OS/c24-19(20-15-6-1-2-7-15)14-5-3-11-23(13-14)18-10-9-16(21-22-18)17-8-4-12-25-17/h4,8-10,12,14-15H,1-3,5-7,11,13H2,(H,20,24). The Kier molecular flexibility index (Phi) is 4.97. The fourth-order valence-electron chi connectivity index (χ4n) is 3.84. The molecule has 0 aromatic carbocycles. The van der Waals surface area contributed by atoms with E-state index in [0.29, 0.717) is 6.04 Å². The largest absolute Gasteiger partial charge is 0.354 e. The molecular formula is C19H24N4OS. The average Bonchev–Trinajstić information content (AvgIpc) is 3.36. The summed E-state index contributed by atoms with van der Waals surface area (Å²) >= 11 is 1.67. The molecule has 5 nitrogen and oxygen atoms in total. The first-order chi connectivity index (χ1) is 12.3. The zero-order chi connectivity index (χ0) is 17.1. The highest BCUT2D eigenvalue weighted by Crippen LogP contribution is 2.26. The second kappa shape index (κ2) is 7.52. The lowest BCUT2D eigenvalue weighted by Crippen LogP contribution is -2.45. The summed E-state index contributed by atoms with van der Waals surface area (Å²) < 4.78 is 0. The third kappa shape index (κ3) is 3.84. The quantitative estimate of drug-likeness (QED) is 0.911. The Balaban J connectivity index is 1.39. The molecule has 2 aromatic heterocycles. The van der Waals surface area contributed by atoms with Crippen LogP contribution in [0.2, 0.25) is 0 Å². The Morgan fingerprint density at radius 2 is 2.00 bits per heavy atom. The topological polar surface area (TPSA) is 58.1 Å². The number of amides is 1. The van der Waals surface area contributed by atoms with Crippen LogP contribution in [0.4, 0.5) is 5.82 Å². The number of carbonyl (C=O) groups is 1. The highest BCUT2D eigenvalue weighted by Gasteiger charge is 2.28. The van der Waals surface area contributed by atoms with Gasteiger partial charge < -0.3 is 10.2 Å². The molecule has 0 spiro atoms. The monoisotopic (exact) mass is 356 g/mol. The zero-order valence-electron chi connectivity index (χ0n) is 14.4. The number of piperidine rings is 1. The molecule has 1 aliphatic heterocycles. The predicted octanol–water partition coefficient (Wildman–Crippen LogP) is 3.48. The average molecular weight is 356 g/mol. The molecule has 25 heavy (non-hydrogen) atoms. The maximum atomic E-state index is 12.6. The summed E-state index contributed by atoms with van der Waals surface area (Å²) in [6.07, 6.45) is 6.75. The summed E-state index contributed by atoms with van der Waals surface area (Å²) in [4.78, 5) is 15.9. The minimum atomic E-state index is 0.0631. The van der Waals surface area contributed by atoms with Gasteiger partial charge in [-0.1, -0.05) is 18.9 Å². The van der Waals surface area contributed by atoms with Crippen molar-refractivity contribution < 1.29 is 4.79 Å². The Hall–Kier alpha value is -1.95. The van der Waals surface area contributed by atoms with Crippen molar-refractivity contribution in [3.05, 3.63) is 29.6 Å². The summed E-state index contributed by atoms with van der Waals surface area (Å²) in [5.41, 5.74) is 0.909. The lowest BCUT2D eigenvalue weighted by molar-refractivity contribution is -0.125. The fourth-order valence-corrected chi connectivity index (χ4v) is 4.53. The van der Waals surface area contributed by atoms with Crippen LogP contribution in [0.25, 0.3) is 10.6 Å². The Labute approximate surface area is 152 Å². The van der Waals surface area contributed by atoms with Crippen LogP contribution in [0.5, 0.6) is 0 Å². The second-order valence-corrected chi connectivity index (χ2v) is 7.98. The van der Waals surface area contributed by atoms with E-state index in [4.69, 9.17) is 0 Å². The van der Waals surface area contributed by atoms with E-state index >= 15 is 0 Å². The number of rotatable bonds is 4. The lowest BCUT2D eigenvalue weighted by atomic mass is 9.96. The summed E-state index contributed by atoms with van der Waals surface area (Å²) in [6.45, 7) is 1.69. The molecule has 1 aliphatic carbocycles. The van der Waals surface area contributed by atoms with Crippen molar-refractivity contribution in [2.45, 2.75) is 44.6 Å². The minimum Gasteiger partial charge on any atom is -0.354 e. The molecule has 132 valence electrons. The number of carbonyl (C=O) groups excluding carboxylic acids is 1. The van der Waals surface area contributed by atoms with Crippen molar-refractivity contribution in [3.8, 4) is 10.6 Å². The van der Waals surface area contributed by atoms with E-state index in [9.17, 15) is 4.79 Å². The molecule has 2 aliphatic rings. The summed E-state index contributed by atoms with van der Waals surface area (Å²) in [5.74, 6) is 1.16. The summed E-state index contributed by atoms with van der Waals surface area (Å²) in [6, 6.07) is 8.52. The Morgan fingerprint density at radius 3 is 2.72 bits per heavy atom. The maximum Gasteiger partial charge on any atom is 0.225 e. The molecule has 3 heterocycles. The number of aromatic nitrogens is 2. The van der Waals surface area contributed by atoms with Crippen LogP contribution in [-0.2, 0) is 4.79 Å². The lowest BCUT2D eigenvalue weighted by Gasteiger charge is -2.33. The van der Waals surface area contributed by atoms with Crippen LogP contribution in [0.1, 0.15) is 38.5 Å². The summed E-state index contributed by atoms with van der Waals surface area (Å²) in [5, 5.41) is 14.1. The maximum absolute atomic E-state index is 12.6. The van der Waals surface area contributed by atoms with E-state index in [1.54, 1.807) is 11.3 Å². The van der Waals surface area contributed by atoms with Gasteiger partial charge >= 0.3 is 0 Å². The van der Waals surface area contributed by atoms with E-state index in [1.807, 2.05) is 23.6 Å². The molecule has 0 bridgehead atoms. The van der Waals surface area contributed by atoms with Crippen LogP contribution < -0.4 is 10.2 Å². The minimum absolute atomic E-state index is 0.0631. The van der Waals surface area contributed by atoms with Crippen LogP contribution in [-0.4, -0.2) is 35.2 Å². The summed E-state index contributed by atoms with van der Waals surface area (Å²) in [7, 11) is 0. The smallest absolute Gasteiger partial charge is 0.225 e. The van der Waals surface area contributed by atoms with Gasteiger partial charge in [-0.3, -0.25) is 4.79 Å². The molecule has 2 aromatic rings. The van der Waals surface area contributed by atoms with E-state index in [2.05, 4.69) is 26.5 Å². The van der Waals surface area contributed by atoms with E-state index < -0.39 is 0 Å². The van der Waals surface area contributed by atoms with Gasteiger partial charge in [-0.2, -0.15) is 0 Å². The van der Waals surface area contributed by atoms with Gasteiger partial charge in [0.15, 0.2) is 5.82 Å². The normalized spacial score (nSPS) is 21.4. The van der Waals surface area contributed by atoms with Gasteiger partial charge in [-0.05, 0) is 49.3 Å². The molecule has 2 fully saturated rings. The van der Waals surface area contributed by atoms with Crippen LogP contribution in [0, 0.1) is 5.92 Å². The van der Waals surface area contributed by atoms with Crippen LogP contribution >= 0.6 is 11.3 Å². The first kappa shape index (κ1) is 16.5. The van der Waals surface area contributed by atoms with Crippen molar-refractivity contribution in [2.24, 2.45) is 5.92 Å². The van der Waals surface area contributed by atoms with Crippen LogP contribution in [0.3, 0.4) is 0 Å². The van der Waals surface area contributed by atoms with Crippen LogP contribution in [0.15, 0.2) is 29.6 Å². The van der Waals surface area contributed by atoms with E-state index in [1.165, 1.54) is 12.8 Å². The fraction of sp³-hybridized carbons (Fsp3) is 0.526. The molecule has 1 unspecified atom stereocenters. The van der Waals surface area contributed by atoms with Gasteiger partial charge in [0.05, 0.1) is 10.8 Å². The molecule has 1 atom stereocenters.